The molecule has 1 rings (SSSR count). The lowest BCUT2D eigenvalue weighted by Crippen LogP contribution is -1.90. The van der Waals surface area contributed by atoms with Crippen LogP contribution >= 0.6 is 34.5 Å². The molecule has 0 fully saturated rings. The van der Waals surface area contributed by atoms with E-state index in [2.05, 4.69) is 6.08 Å². The summed E-state index contributed by atoms with van der Waals surface area (Å²) in [4.78, 5) is 1.16. The minimum atomic E-state index is 0.0888. The summed E-state index contributed by atoms with van der Waals surface area (Å²) in [6.07, 6.45) is 2.06. The summed E-state index contributed by atoms with van der Waals surface area (Å²) in [5, 5.41) is 2.80. The second-order valence-corrected chi connectivity index (χ2v) is 4.71. The largest absolute Gasteiger partial charge is 0.143 e. The summed E-state index contributed by atoms with van der Waals surface area (Å²) >= 11 is 13.3. The molecule has 1 aromatic rings. The Morgan fingerprint density at radius 1 is 1.67 bits per heavy atom. The molecule has 1 heterocycles. The van der Waals surface area contributed by atoms with Gasteiger partial charge < -0.3 is 0 Å². The van der Waals surface area contributed by atoms with Crippen LogP contribution in [0.4, 0.5) is 0 Å². The Balaban J connectivity index is 2.80. The van der Waals surface area contributed by atoms with Crippen LogP contribution in [0.3, 0.4) is 0 Å². The molecule has 0 aliphatic carbocycles. The summed E-state index contributed by atoms with van der Waals surface area (Å²) in [6, 6.07) is 1.94. The SMILES string of the molecule is C/C(=C\c1cc(Cl)cs1)C(C)Cl. The molecular formula is C9H10Cl2S. The first-order valence-electron chi connectivity index (χ1n) is 3.66. The number of thiophene rings is 1. The second kappa shape index (κ2) is 4.31. The van der Waals surface area contributed by atoms with Crippen LogP contribution < -0.4 is 0 Å². The smallest absolute Gasteiger partial charge is 0.0519 e. The Morgan fingerprint density at radius 3 is 2.75 bits per heavy atom. The Morgan fingerprint density at radius 2 is 2.33 bits per heavy atom. The third-order valence-corrected chi connectivity index (χ3v) is 3.16. The average Bonchev–Trinajstić information content (AvgIpc) is 2.35. The molecule has 0 saturated carbocycles. The molecule has 0 N–H and O–H groups in total. The topological polar surface area (TPSA) is 0 Å². The first-order chi connectivity index (χ1) is 5.59. The van der Waals surface area contributed by atoms with Gasteiger partial charge in [-0.1, -0.05) is 17.2 Å². The van der Waals surface area contributed by atoms with Crippen LogP contribution in [0.25, 0.3) is 6.08 Å². The van der Waals surface area contributed by atoms with Crippen LogP contribution in [-0.2, 0) is 0 Å². The Labute approximate surface area is 86.8 Å². The summed E-state index contributed by atoms with van der Waals surface area (Å²) in [5.41, 5.74) is 1.16. The van der Waals surface area contributed by atoms with Crippen LogP contribution in [0.1, 0.15) is 18.7 Å². The van der Waals surface area contributed by atoms with Gasteiger partial charge in [0.1, 0.15) is 0 Å². The second-order valence-electron chi connectivity index (χ2n) is 2.67. The van der Waals surface area contributed by atoms with Crippen molar-refractivity contribution in [2.75, 3.05) is 0 Å². The van der Waals surface area contributed by atoms with E-state index in [0.29, 0.717) is 0 Å². The minimum absolute atomic E-state index is 0.0888. The number of halogens is 2. The lowest BCUT2D eigenvalue weighted by atomic mass is 10.2. The van der Waals surface area contributed by atoms with Gasteiger partial charge >= 0.3 is 0 Å². The van der Waals surface area contributed by atoms with Crippen LogP contribution in [0.5, 0.6) is 0 Å². The van der Waals surface area contributed by atoms with E-state index in [9.17, 15) is 0 Å². The third-order valence-electron chi connectivity index (χ3n) is 1.59. The fourth-order valence-electron chi connectivity index (χ4n) is 0.743. The molecule has 0 aromatic carbocycles. The Hall–Kier alpha value is 0.0200. The Kier molecular flexibility index (Phi) is 3.63. The van der Waals surface area contributed by atoms with Crippen molar-refractivity contribution in [3.63, 3.8) is 0 Å². The normalized spacial score (nSPS) is 14.8. The molecular weight excluding hydrogens is 211 g/mol. The molecule has 0 saturated heterocycles. The number of allylic oxidation sites excluding steroid dienone is 1. The highest BCUT2D eigenvalue weighted by atomic mass is 35.5. The fourth-order valence-corrected chi connectivity index (χ4v) is 1.89. The van der Waals surface area contributed by atoms with Crippen molar-refractivity contribution in [2.24, 2.45) is 0 Å². The maximum atomic E-state index is 5.89. The van der Waals surface area contributed by atoms with Crippen molar-refractivity contribution in [1.29, 1.82) is 0 Å². The lowest BCUT2D eigenvalue weighted by molar-refractivity contribution is 1.12. The monoisotopic (exact) mass is 220 g/mol. The molecule has 12 heavy (non-hydrogen) atoms. The van der Waals surface area contributed by atoms with E-state index in [0.717, 1.165) is 15.5 Å². The van der Waals surface area contributed by atoms with E-state index >= 15 is 0 Å². The standard InChI is InChI=1S/C9H10Cl2S/c1-6(7(2)10)3-9-4-8(11)5-12-9/h3-5,7H,1-2H3/b6-3+. The number of hydrogen-bond donors (Lipinski definition) is 0. The van der Waals surface area contributed by atoms with E-state index in [1.807, 2.05) is 25.3 Å². The predicted molar refractivity (Wildman–Crippen MR) is 58.3 cm³/mol. The summed E-state index contributed by atoms with van der Waals surface area (Å²) in [6.45, 7) is 3.98. The molecule has 1 unspecified atom stereocenters. The minimum Gasteiger partial charge on any atom is -0.143 e. The summed E-state index contributed by atoms with van der Waals surface area (Å²) < 4.78 is 0. The van der Waals surface area contributed by atoms with Crippen LogP contribution in [0.2, 0.25) is 5.02 Å². The van der Waals surface area contributed by atoms with E-state index in [1.165, 1.54) is 0 Å². The zero-order chi connectivity index (χ0) is 9.14. The molecule has 66 valence electrons. The number of rotatable bonds is 2. The van der Waals surface area contributed by atoms with E-state index in [4.69, 9.17) is 23.2 Å². The van der Waals surface area contributed by atoms with Crippen LogP contribution in [0, 0.1) is 0 Å². The van der Waals surface area contributed by atoms with Crippen molar-refractivity contribution in [2.45, 2.75) is 19.2 Å². The quantitative estimate of drug-likeness (QED) is 0.648. The van der Waals surface area contributed by atoms with E-state index in [-0.39, 0.29) is 5.38 Å². The van der Waals surface area contributed by atoms with Crippen LogP contribution in [-0.4, -0.2) is 5.38 Å². The van der Waals surface area contributed by atoms with Crippen molar-refractivity contribution < 1.29 is 0 Å². The highest BCUT2D eigenvalue weighted by Gasteiger charge is 2.00. The predicted octanol–water partition coefficient (Wildman–Crippen LogP) is 4.43. The maximum Gasteiger partial charge on any atom is 0.0519 e. The van der Waals surface area contributed by atoms with Crippen molar-refractivity contribution in [3.8, 4) is 0 Å². The maximum absolute atomic E-state index is 5.89. The average molecular weight is 221 g/mol. The third kappa shape index (κ3) is 2.81. The molecule has 1 atom stereocenters. The summed E-state index contributed by atoms with van der Waals surface area (Å²) in [7, 11) is 0. The first-order valence-corrected chi connectivity index (χ1v) is 5.35. The van der Waals surface area contributed by atoms with Gasteiger partial charge in [0.25, 0.3) is 0 Å². The van der Waals surface area contributed by atoms with E-state index < -0.39 is 0 Å². The van der Waals surface area contributed by atoms with Crippen molar-refractivity contribution >= 4 is 40.6 Å². The van der Waals surface area contributed by atoms with Crippen LogP contribution in [0.15, 0.2) is 17.0 Å². The lowest BCUT2D eigenvalue weighted by Gasteiger charge is -2.00. The highest BCUT2D eigenvalue weighted by Crippen LogP contribution is 2.22. The van der Waals surface area contributed by atoms with Gasteiger partial charge in [0.2, 0.25) is 0 Å². The summed E-state index contributed by atoms with van der Waals surface area (Å²) in [5.74, 6) is 0. The molecule has 3 heteroatoms. The highest BCUT2D eigenvalue weighted by molar-refractivity contribution is 7.11. The molecule has 0 amide bonds. The molecule has 1 aromatic heterocycles. The van der Waals surface area contributed by atoms with Gasteiger partial charge in [0, 0.05) is 10.3 Å². The molecule has 0 aliphatic heterocycles. The number of hydrogen-bond acceptors (Lipinski definition) is 1. The molecule has 0 radical (unpaired) electrons. The van der Waals surface area contributed by atoms with Gasteiger partial charge in [-0.15, -0.1) is 22.9 Å². The molecule has 0 bridgehead atoms. The molecule has 0 nitrogen and oxygen atoms in total. The zero-order valence-electron chi connectivity index (χ0n) is 6.97. The Bertz CT molecular complexity index is 286. The van der Waals surface area contributed by atoms with Gasteiger partial charge in [-0.3, -0.25) is 0 Å². The van der Waals surface area contributed by atoms with Gasteiger partial charge in [-0.2, -0.15) is 0 Å². The van der Waals surface area contributed by atoms with Gasteiger partial charge in [0.05, 0.1) is 10.4 Å². The van der Waals surface area contributed by atoms with Crippen molar-refractivity contribution in [1.82, 2.24) is 0 Å². The van der Waals surface area contributed by atoms with Gasteiger partial charge in [-0.05, 0) is 26.0 Å². The fraction of sp³-hybridized carbons (Fsp3) is 0.333. The van der Waals surface area contributed by atoms with E-state index in [1.54, 1.807) is 11.3 Å². The molecule has 0 spiro atoms. The van der Waals surface area contributed by atoms with Gasteiger partial charge in [0.15, 0.2) is 0 Å². The number of alkyl halides is 1. The zero-order valence-corrected chi connectivity index (χ0v) is 9.30. The first kappa shape index (κ1) is 10.1. The van der Waals surface area contributed by atoms with Crippen molar-refractivity contribution in [3.05, 3.63) is 26.9 Å². The van der Waals surface area contributed by atoms with Gasteiger partial charge in [-0.25, -0.2) is 0 Å². The molecule has 0 aliphatic rings.